The summed E-state index contributed by atoms with van der Waals surface area (Å²) in [6.07, 6.45) is -2.87. The molecule has 1 aromatic heterocycles. The number of nitrogens with zero attached hydrogens (tertiary/aromatic N) is 2. The molecule has 0 atom stereocenters. The summed E-state index contributed by atoms with van der Waals surface area (Å²) < 4.78 is 49.1. The van der Waals surface area contributed by atoms with Crippen LogP contribution >= 0.6 is 11.6 Å². The number of ether oxygens (including phenoxy) is 1. The van der Waals surface area contributed by atoms with Gasteiger partial charge in [-0.1, -0.05) is 30.7 Å². The maximum Gasteiger partial charge on any atom is 0.431 e. The summed E-state index contributed by atoms with van der Waals surface area (Å²) in [5, 5.41) is 0.485. The molecule has 1 saturated heterocycles. The van der Waals surface area contributed by atoms with Gasteiger partial charge < -0.3 is 14.2 Å². The quantitative estimate of drug-likeness (QED) is 0.637. The summed E-state index contributed by atoms with van der Waals surface area (Å²) >= 11 is 5.99. The first-order chi connectivity index (χ1) is 14.1. The molecule has 1 aliphatic carbocycles. The van der Waals surface area contributed by atoms with Gasteiger partial charge >= 0.3 is 6.18 Å². The minimum absolute atomic E-state index is 0.0747. The van der Waals surface area contributed by atoms with Crippen molar-refractivity contribution in [3.8, 4) is 11.1 Å². The first kappa shape index (κ1) is 21.2. The molecule has 8 heteroatoms. The van der Waals surface area contributed by atoms with Gasteiger partial charge in [0.05, 0.1) is 13.2 Å². The van der Waals surface area contributed by atoms with Crippen LogP contribution < -0.4 is 0 Å². The minimum atomic E-state index is -4.57. The second-order valence-corrected chi connectivity index (χ2v) is 8.94. The van der Waals surface area contributed by atoms with Crippen molar-refractivity contribution in [1.29, 1.82) is 0 Å². The number of alkyl halides is 3. The van der Waals surface area contributed by atoms with E-state index in [0.717, 1.165) is 12.8 Å². The number of aromatic nitrogens is 1. The van der Waals surface area contributed by atoms with Gasteiger partial charge in [-0.05, 0) is 48.4 Å². The average Bonchev–Trinajstić information content (AvgIpc) is 3.34. The van der Waals surface area contributed by atoms with Crippen molar-refractivity contribution >= 4 is 17.5 Å². The van der Waals surface area contributed by atoms with Crippen molar-refractivity contribution in [3.05, 3.63) is 46.2 Å². The van der Waals surface area contributed by atoms with Gasteiger partial charge in [0, 0.05) is 30.2 Å². The van der Waals surface area contributed by atoms with Gasteiger partial charge in [0.15, 0.2) is 0 Å². The second-order valence-electron chi connectivity index (χ2n) is 8.50. The Bertz CT molecular complexity index is 956. The summed E-state index contributed by atoms with van der Waals surface area (Å²) in [6.45, 7) is 5.07. The largest absolute Gasteiger partial charge is 0.431 e. The Balaban J connectivity index is 1.95. The van der Waals surface area contributed by atoms with Gasteiger partial charge in [-0.25, -0.2) is 0 Å². The molecule has 2 fully saturated rings. The molecular weight excluding hydrogens is 417 g/mol. The predicted molar refractivity (Wildman–Crippen MR) is 109 cm³/mol. The van der Waals surface area contributed by atoms with Gasteiger partial charge in [-0.3, -0.25) is 4.79 Å². The summed E-state index contributed by atoms with van der Waals surface area (Å²) in [7, 11) is 0. The van der Waals surface area contributed by atoms with Crippen molar-refractivity contribution in [2.75, 3.05) is 26.3 Å². The summed E-state index contributed by atoms with van der Waals surface area (Å²) in [4.78, 5) is 15.1. The number of morpholine rings is 1. The van der Waals surface area contributed by atoms with Crippen LogP contribution in [0.5, 0.6) is 0 Å². The van der Waals surface area contributed by atoms with E-state index in [-0.39, 0.29) is 29.1 Å². The number of carbonyl (C=O) groups excluding carboxylic acids is 1. The van der Waals surface area contributed by atoms with Crippen LogP contribution in [0.4, 0.5) is 13.2 Å². The van der Waals surface area contributed by atoms with Crippen molar-refractivity contribution in [2.45, 2.75) is 39.4 Å². The molecule has 2 heterocycles. The van der Waals surface area contributed by atoms with Crippen LogP contribution in [-0.2, 0) is 17.5 Å². The van der Waals surface area contributed by atoms with Crippen LogP contribution in [0.3, 0.4) is 0 Å². The fraction of sp³-hybridized carbons (Fsp3) is 0.500. The highest BCUT2D eigenvalue weighted by atomic mass is 35.5. The Labute approximate surface area is 178 Å². The molecule has 2 aliphatic rings. The molecule has 4 nitrogen and oxygen atoms in total. The molecule has 0 N–H and O–H groups in total. The number of hydrogen-bond acceptors (Lipinski definition) is 2. The summed E-state index contributed by atoms with van der Waals surface area (Å²) in [6, 6.07) is 6.60. The molecule has 1 amide bonds. The van der Waals surface area contributed by atoms with Crippen LogP contribution in [0.15, 0.2) is 24.3 Å². The smallest absolute Gasteiger partial charge is 0.378 e. The number of rotatable bonds is 4. The van der Waals surface area contributed by atoms with E-state index in [9.17, 15) is 18.0 Å². The second kappa shape index (κ2) is 7.61. The monoisotopic (exact) mass is 440 g/mol. The van der Waals surface area contributed by atoms with Crippen LogP contribution in [0.25, 0.3) is 11.1 Å². The van der Waals surface area contributed by atoms with E-state index >= 15 is 0 Å². The van der Waals surface area contributed by atoms with Gasteiger partial charge in [-0.2, -0.15) is 13.2 Å². The van der Waals surface area contributed by atoms with E-state index in [1.54, 1.807) is 29.2 Å². The number of carbonyl (C=O) groups is 1. The first-order valence-corrected chi connectivity index (χ1v) is 10.4. The highest BCUT2D eigenvalue weighted by molar-refractivity contribution is 6.30. The summed E-state index contributed by atoms with van der Waals surface area (Å²) in [5.74, 6) is -0.383. The third-order valence-corrected chi connectivity index (χ3v) is 6.30. The highest BCUT2D eigenvalue weighted by Crippen LogP contribution is 2.49. The SMILES string of the molecule is Cc1c(-c2ccc(Cl)cc2)c(C(=O)N2CCOCC2)n(CC2(C)CC2)c1C(F)(F)F. The van der Waals surface area contributed by atoms with E-state index in [0.29, 0.717) is 42.5 Å². The third-order valence-electron chi connectivity index (χ3n) is 6.05. The lowest BCUT2D eigenvalue weighted by molar-refractivity contribution is -0.144. The standard InChI is InChI=1S/C22H24ClF3N2O2/c1-14-17(15-3-5-16(23)6-4-15)18(20(29)27-9-11-30-12-10-27)28(13-21(2)7-8-21)19(14)22(24,25)26/h3-6H,7-13H2,1-2H3. The Morgan fingerprint density at radius 1 is 1.17 bits per heavy atom. The normalized spacial score (nSPS) is 18.5. The number of amides is 1. The molecule has 162 valence electrons. The number of halogens is 4. The maximum atomic E-state index is 14.2. The molecule has 1 aromatic carbocycles. The molecule has 30 heavy (non-hydrogen) atoms. The maximum absolute atomic E-state index is 14.2. The molecule has 0 unspecified atom stereocenters. The first-order valence-electron chi connectivity index (χ1n) is 10.0. The molecule has 1 aliphatic heterocycles. The zero-order valence-electron chi connectivity index (χ0n) is 17.0. The fourth-order valence-electron chi connectivity index (χ4n) is 4.13. The minimum Gasteiger partial charge on any atom is -0.378 e. The van der Waals surface area contributed by atoms with E-state index in [2.05, 4.69) is 0 Å². The Morgan fingerprint density at radius 2 is 1.77 bits per heavy atom. The van der Waals surface area contributed by atoms with Crippen molar-refractivity contribution in [2.24, 2.45) is 5.41 Å². The third kappa shape index (κ3) is 3.97. The van der Waals surface area contributed by atoms with Gasteiger partial charge in [0.25, 0.3) is 5.91 Å². The molecule has 4 rings (SSSR count). The topological polar surface area (TPSA) is 34.5 Å². The van der Waals surface area contributed by atoms with Crippen LogP contribution in [0, 0.1) is 12.3 Å². The lowest BCUT2D eigenvalue weighted by Crippen LogP contribution is -2.42. The zero-order valence-corrected chi connectivity index (χ0v) is 17.7. The van der Waals surface area contributed by atoms with Crippen molar-refractivity contribution in [3.63, 3.8) is 0 Å². The van der Waals surface area contributed by atoms with Crippen LogP contribution in [-0.4, -0.2) is 41.7 Å². The van der Waals surface area contributed by atoms with Gasteiger partial charge in [0.1, 0.15) is 11.4 Å². The van der Waals surface area contributed by atoms with E-state index in [1.165, 1.54) is 11.5 Å². The fourth-order valence-corrected chi connectivity index (χ4v) is 4.26. The molecule has 0 spiro atoms. The van der Waals surface area contributed by atoms with Crippen molar-refractivity contribution in [1.82, 2.24) is 9.47 Å². The molecule has 0 bridgehead atoms. The Hall–Kier alpha value is -1.99. The molecule has 0 radical (unpaired) electrons. The number of hydrogen-bond donors (Lipinski definition) is 0. The van der Waals surface area contributed by atoms with E-state index in [4.69, 9.17) is 16.3 Å². The molecule has 1 saturated carbocycles. The molecule has 2 aromatic rings. The van der Waals surface area contributed by atoms with E-state index in [1.807, 2.05) is 6.92 Å². The Morgan fingerprint density at radius 3 is 2.30 bits per heavy atom. The van der Waals surface area contributed by atoms with Gasteiger partial charge in [0.2, 0.25) is 0 Å². The number of benzene rings is 1. The van der Waals surface area contributed by atoms with Gasteiger partial charge in [-0.15, -0.1) is 0 Å². The van der Waals surface area contributed by atoms with E-state index < -0.39 is 11.9 Å². The predicted octanol–water partition coefficient (Wildman–Crippen LogP) is 5.41. The average molecular weight is 441 g/mol. The Kier molecular flexibility index (Phi) is 5.39. The lowest BCUT2D eigenvalue weighted by atomic mass is 10.00. The lowest BCUT2D eigenvalue weighted by Gasteiger charge is -2.28. The highest BCUT2D eigenvalue weighted by Gasteiger charge is 2.46. The van der Waals surface area contributed by atoms with Crippen molar-refractivity contribution < 1.29 is 22.7 Å². The zero-order chi connectivity index (χ0) is 21.7. The molecular formula is C22H24ClF3N2O2. The summed E-state index contributed by atoms with van der Waals surface area (Å²) in [5.41, 5.74) is 0.112. The van der Waals surface area contributed by atoms with Crippen LogP contribution in [0.1, 0.15) is 41.5 Å². The van der Waals surface area contributed by atoms with Crippen LogP contribution in [0.2, 0.25) is 5.02 Å².